The molecule has 0 atom stereocenters. The predicted octanol–water partition coefficient (Wildman–Crippen LogP) is 6.35. The predicted molar refractivity (Wildman–Crippen MR) is 118 cm³/mol. The maximum Gasteiger partial charge on any atom is 0.165 e. The van der Waals surface area contributed by atoms with E-state index in [1.807, 2.05) is 6.07 Å². The summed E-state index contributed by atoms with van der Waals surface area (Å²) >= 11 is 0. The Kier molecular flexibility index (Phi) is 7.18. The van der Waals surface area contributed by atoms with Gasteiger partial charge in [0.05, 0.1) is 18.8 Å². The lowest BCUT2D eigenvalue weighted by Gasteiger charge is -2.16. The number of nitriles is 1. The fraction of sp³-hybridized carbons (Fsp3) is 0.115. The fourth-order valence-electron chi connectivity index (χ4n) is 3.14. The SMILES string of the molecule is C=CCc1cc(/C=C(/C#N)c2ccccc2F)cc(OC)c1OCc1ccc(F)cc1. The Bertz CT molecular complexity index is 1150. The highest BCUT2D eigenvalue weighted by Crippen LogP contribution is 2.35. The Morgan fingerprint density at radius 2 is 1.84 bits per heavy atom. The largest absolute Gasteiger partial charge is 0.493 e. The first-order valence-corrected chi connectivity index (χ1v) is 9.61. The Labute approximate surface area is 180 Å². The van der Waals surface area contributed by atoms with Crippen molar-refractivity contribution in [1.82, 2.24) is 0 Å². The second-order valence-electron chi connectivity index (χ2n) is 6.77. The summed E-state index contributed by atoms with van der Waals surface area (Å²) in [4.78, 5) is 0. The molecule has 0 heterocycles. The van der Waals surface area contributed by atoms with Crippen molar-refractivity contribution in [2.24, 2.45) is 0 Å². The van der Waals surface area contributed by atoms with Crippen molar-refractivity contribution in [3.8, 4) is 17.6 Å². The first-order chi connectivity index (χ1) is 15.0. The van der Waals surface area contributed by atoms with Gasteiger partial charge in [-0.1, -0.05) is 36.4 Å². The zero-order chi connectivity index (χ0) is 22.2. The lowest BCUT2D eigenvalue weighted by molar-refractivity contribution is 0.282. The Morgan fingerprint density at radius 3 is 2.48 bits per heavy atom. The van der Waals surface area contributed by atoms with E-state index in [9.17, 15) is 14.0 Å². The van der Waals surface area contributed by atoms with Crippen molar-refractivity contribution < 1.29 is 18.3 Å². The molecule has 0 bridgehead atoms. The maximum absolute atomic E-state index is 14.2. The van der Waals surface area contributed by atoms with Crippen LogP contribution in [0.2, 0.25) is 0 Å². The summed E-state index contributed by atoms with van der Waals surface area (Å²) in [5, 5.41) is 9.57. The minimum atomic E-state index is -0.465. The quantitative estimate of drug-likeness (QED) is 0.244. The molecule has 156 valence electrons. The van der Waals surface area contributed by atoms with E-state index in [0.29, 0.717) is 23.5 Å². The van der Waals surface area contributed by atoms with E-state index in [1.54, 1.807) is 48.6 Å². The zero-order valence-electron chi connectivity index (χ0n) is 17.1. The standard InChI is InChI=1S/C26H21F2NO2/c1-3-6-20-13-19(14-21(16-29)23-7-4-5-8-24(23)28)15-25(30-2)26(20)31-17-18-9-11-22(27)12-10-18/h3-5,7-15H,1,6,17H2,2H3/b21-14-. The van der Waals surface area contributed by atoms with Gasteiger partial charge in [0.1, 0.15) is 18.2 Å². The van der Waals surface area contributed by atoms with Crippen LogP contribution in [0.25, 0.3) is 11.6 Å². The van der Waals surface area contributed by atoms with Crippen LogP contribution in [0.3, 0.4) is 0 Å². The molecule has 0 amide bonds. The van der Waals surface area contributed by atoms with Crippen LogP contribution in [0, 0.1) is 23.0 Å². The molecule has 0 aromatic heterocycles. The normalized spacial score (nSPS) is 11.0. The van der Waals surface area contributed by atoms with Crippen LogP contribution >= 0.6 is 0 Å². The number of methoxy groups -OCH3 is 1. The molecule has 3 aromatic carbocycles. The first kappa shape index (κ1) is 21.8. The summed E-state index contributed by atoms with van der Waals surface area (Å²) < 4.78 is 38.8. The molecule has 0 unspecified atom stereocenters. The molecule has 0 aliphatic heterocycles. The molecule has 3 rings (SSSR count). The van der Waals surface area contributed by atoms with Crippen LogP contribution < -0.4 is 9.47 Å². The fourth-order valence-corrected chi connectivity index (χ4v) is 3.14. The number of rotatable bonds is 8. The molecule has 0 radical (unpaired) electrons. The van der Waals surface area contributed by atoms with Crippen molar-refractivity contribution in [2.45, 2.75) is 13.0 Å². The molecule has 0 aliphatic carbocycles. The lowest BCUT2D eigenvalue weighted by atomic mass is 10.0. The number of hydrogen-bond donors (Lipinski definition) is 0. The number of nitrogens with zero attached hydrogens (tertiary/aromatic N) is 1. The molecular formula is C26H21F2NO2. The van der Waals surface area contributed by atoms with Gasteiger partial charge in [0.2, 0.25) is 0 Å². The molecule has 3 nitrogen and oxygen atoms in total. The minimum Gasteiger partial charge on any atom is -0.493 e. The molecule has 0 saturated carbocycles. The molecule has 0 aliphatic rings. The summed E-state index contributed by atoms with van der Waals surface area (Å²) in [7, 11) is 1.52. The third kappa shape index (κ3) is 5.37. The summed E-state index contributed by atoms with van der Waals surface area (Å²) in [6.45, 7) is 4.02. The molecule has 3 aromatic rings. The third-order valence-corrected chi connectivity index (χ3v) is 4.63. The van der Waals surface area contributed by atoms with Crippen molar-refractivity contribution in [3.63, 3.8) is 0 Å². The third-order valence-electron chi connectivity index (χ3n) is 4.63. The molecule has 0 N–H and O–H groups in total. The van der Waals surface area contributed by atoms with Crippen LogP contribution in [0.5, 0.6) is 11.5 Å². The summed E-state index contributed by atoms with van der Waals surface area (Å²) in [5.74, 6) is 0.229. The zero-order valence-corrected chi connectivity index (χ0v) is 17.1. The van der Waals surface area contributed by atoms with Crippen molar-refractivity contribution in [1.29, 1.82) is 5.26 Å². The van der Waals surface area contributed by atoms with Gasteiger partial charge in [0, 0.05) is 11.1 Å². The minimum absolute atomic E-state index is 0.199. The van der Waals surface area contributed by atoms with Gasteiger partial charge < -0.3 is 9.47 Å². The smallest absolute Gasteiger partial charge is 0.165 e. The molecular weight excluding hydrogens is 396 g/mol. The average Bonchev–Trinajstić information content (AvgIpc) is 2.78. The van der Waals surface area contributed by atoms with Gasteiger partial charge in [-0.25, -0.2) is 8.78 Å². The lowest BCUT2D eigenvalue weighted by Crippen LogP contribution is -2.02. The van der Waals surface area contributed by atoms with E-state index in [0.717, 1.165) is 11.1 Å². The first-order valence-electron chi connectivity index (χ1n) is 9.61. The maximum atomic E-state index is 14.2. The molecule has 0 spiro atoms. The van der Waals surface area contributed by atoms with Gasteiger partial charge in [-0.3, -0.25) is 0 Å². The second-order valence-corrected chi connectivity index (χ2v) is 6.77. The summed E-state index contributed by atoms with van der Waals surface area (Å²) in [6.07, 6.45) is 3.84. The highest BCUT2D eigenvalue weighted by molar-refractivity contribution is 5.90. The van der Waals surface area contributed by atoms with Crippen LogP contribution in [0.1, 0.15) is 22.3 Å². The van der Waals surface area contributed by atoms with Gasteiger partial charge in [0.25, 0.3) is 0 Å². The highest BCUT2D eigenvalue weighted by Gasteiger charge is 2.14. The van der Waals surface area contributed by atoms with E-state index in [-0.39, 0.29) is 23.6 Å². The van der Waals surface area contributed by atoms with Gasteiger partial charge in [-0.15, -0.1) is 6.58 Å². The van der Waals surface area contributed by atoms with E-state index in [1.165, 1.54) is 25.3 Å². The van der Waals surface area contributed by atoms with Crippen LogP contribution in [0.4, 0.5) is 8.78 Å². The number of hydrogen-bond acceptors (Lipinski definition) is 3. The van der Waals surface area contributed by atoms with Gasteiger partial charge >= 0.3 is 0 Å². The average molecular weight is 417 g/mol. The van der Waals surface area contributed by atoms with Crippen LogP contribution in [0.15, 0.2) is 73.3 Å². The molecule has 5 heteroatoms. The summed E-state index contributed by atoms with van der Waals surface area (Å²) in [5.41, 5.74) is 2.70. The number of allylic oxidation sites excluding steroid dienone is 2. The number of benzene rings is 3. The van der Waals surface area contributed by atoms with E-state index in [4.69, 9.17) is 9.47 Å². The second kappa shape index (κ2) is 10.2. The van der Waals surface area contributed by atoms with Crippen LogP contribution in [-0.4, -0.2) is 7.11 Å². The molecule has 31 heavy (non-hydrogen) atoms. The molecule has 0 fully saturated rings. The highest BCUT2D eigenvalue weighted by atomic mass is 19.1. The van der Waals surface area contributed by atoms with Gasteiger partial charge in [-0.05, 0) is 54.0 Å². The van der Waals surface area contributed by atoms with Crippen molar-refractivity contribution in [3.05, 3.63) is 107 Å². The van der Waals surface area contributed by atoms with Gasteiger partial charge in [-0.2, -0.15) is 5.26 Å². The van der Waals surface area contributed by atoms with E-state index in [2.05, 4.69) is 12.6 Å². The topological polar surface area (TPSA) is 42.2 Å². The Balaban J connectivity index is 1.99. The Hall–Kier alpha value is -3.91. The Morgan fingerprint density at radius 1 is 1.10 bits per heavy atom. The monoisotopic (exact) mass is 417 g/mol. The molecule has 0 saturated heterocycles. The van der Waals surface area contributed by atoms with Crippen LogP contribution in [-0.2, 0) is 13.0 Å². The number of halogens is 2. The van der Waals surface area contributed by atoms with E-state index < -0.39 is 5.82 Å². The summed E-state index contributed by atoms with van der Waals surface area (Å²) in [6, 6.07) is 17.8. The number of ether oxygens (including phenoxy) is 2. The van der Waals surface area contributed by atoms with Crippen molar-refractivity contribution in [2.75, 3.05) is 7.11 Å². The van der Waals surface area contributed by atoms with E-state index >= 15 is 0 Å². The van der Waals surface area contributed by atoms with Gasteiger partial charge in [0.15, 0.2) is 11.5 Å². The van der Waals surface area contributed by atoms with Crippen molar-refractivity contribution >= 4 is 11.6 Å².